The molecule has 0 saturated carbocycles. The van der Waals surface area contributed by atoms with Gasteiger partial charge in [-0.25, -0.2) is 0 Å². The molecule has 0 unspecified atom stereocenters. The van der Waals surface area contributed by atoms with Gasteiger partial charge in [0.05, 0.1) is 0 Å². The minimum atomic E-state index is -0.117. The van der Waals surface area contributed by atoms with E-state index in [1.165, 1.54) is 0 Å². The second-order valence-corrected chi connectivity index (χ2v) is 2.97. The van der Waals surface area contributed by atoms with Crippen molar-refractivity contribution < 1.29 is 4.79 Å². The smallest absolute Gasteiger partial charge is 0.251 e. The highest BCUT2D eigenvalue weighted by Crippen LogP contribution is 2.06. The second-order valence-electron chi connectivity index (χ2n) is 2.97. The monoisotopic (exact) mass is 190 g/mol. The molecule has 5 nitrogen and oxygen atoms in total. The van der Waals surface area contributed by atoms with E-state index in [2.05, 4.69) is 15.5 Å². The molecule has 0 bridgehead atoms. The highest BCUT2D eigenvalue weighted by molar-refractivity contribution is 5.94. The number of carbonyl (C=O) groups is 1. The van der Waals surface area contributed by atoms with Crippen LogP contribution in [0.1, 0.15) is 16.2 Å². The van der Waals surface area contributed by atoms with Crippen molar-refractivity contribution in [2.24, 2.45) is 0 Å². The molecule has 2 aromatic rings. The molecule has 2 heterocycles. The van der Waals surface area contributed by atoms with Gasteiger partial charge in [0.2, 0.25) is 0 Å². The number of amides is 1. The number of carbonyl (C=O) groups excluding carboxylic acids is 1. The molecule has 0 spiro atoms. The van der Waals surface area contributed by atoms with Gasteiger partial charge in [-0.1, -0.05) is 0 Å². The molecule has 0 aliphatic carbocycles. The first-order valence-corrected chi connectivity index (χ1v) is 4.26. The Morgan fingerprint density at radius 2 is 2.29 bits per heavy atom. The maximum atomic E-state index is 11.3. The van der Waals surface area contributed by atoms with E-state index in [-0.39, 0.29) is 5.91 Å². The van der Waals surface area contributed by atoms with Gasteiger partial charge in [-0.2, -0.15) is 0 Å². The predicted octanol–water partition coefficient (Wildman–Crippen LogP) is 0.397. The molecule has 0 aliphatic heterocycles. The highest BCUT2D eigenvalue weighted by Gasteiger charge is 2.06. The number of aryl methyl sites for hydroxylation is 1. The third-order valence-corrected chi connectivity index (χ3v) is 2.07. The van der Waals surface area contributed by atoms with Crippen LogP contribution in [0, 0.1) is 6.92 Å². The summed E-state index contributed by atoms with van der Waals surface area (Å²) < 4.78 is 1.83. The summed E-state index contributed by atoms with van der Waals surface area (Å²) >= 11 is 0. The fourth-order valence-electron chi connectivity index (χ4n) is 1.30. The fraction of sp³-hybridized carbons (Fsp3) is 0.222. The lowest BCUT2D eigenvalue weighted by Crippen LogP contribution is -2.17. The molecule has 1 amide bonds. The molecule has 0 atom stereocenters. The molecule has 0 aromatic carbocycles. The van der Waals surface area contributed by atoms with E-state index in [1.807, 2.05) is 11.3 Å². The van der Waals surface area contributed by atoms with E-state index in [0.29, 0.717) is 11.2 Å². The number of nitrogens with one attached hydrogen (secondary N) is 1. The maximum Gasteiger partial charge on any atom is 0.251 e. The Kier molecular flexibility index (Phi) is 1.92. The zero-order valence-corrected chi connectivity index (χ0v) is 7.98. The number of pyridine rings is 1. The van der Waals surface area contributed by atoms with Crippen LogP contribution in [-0.4, -0.2) is 27.6 Å². The predicted molar refractivity (Wildman–Crippen MR) is 51.1 cm³/mol. The standard InChI is InChI=1S/C9H10N4O/c1-6-11-12-8-5-7(9(14)10-2)3-4-13(6)8/h3-5H,1-2H3,(H,10,14). The number of nitrogens with zero attached hydrogens (tertiary/aromatic N) is 3. The summed E-state index contributed by atoms with van der Waals surface area (Å²) in [5, 5.41) is 10.4. The summed E-state index contributed by atoms with van der Waals surface area (Å²) in [6.07, 6.45) is 1.79. The van der Waals surface area contributed by atoms with Gasteiger partial charge in [-0.05, 0) is 19.1 Å². The van der Waals surface area contributed by atoms with Crippen molar-refractivity contribution in [2.45, 2.75) is 6.92 Å². The van der Waals surface area contributed by atoms with E-state index < -0.39 is 0 Å². The molecule has 5 heteroatoms. The summed E-state index contributed by atoms with van der Waals surface area (Å²) in [6.45, 7) is 1.86. The van der Waals surface area contributed by atoms with Crippen LogP contribution in [0.4, 0.5) is 0 Å². The quantitative estimate of drug-likeness (QED) is 0.708. The first-order valence-electron chi connectivity index (χ1n) is 4.26. The van der Waals surface area contributed by atoms with E-state index in [4.69, 9.17) is 0 Å². The molecule has 72 valence electrons. The molecule has 14 heavy (non-hydrogen) atoms. The first-order chi connectivity index (χ1) is 6.72. The van der Waals surface area contributed by atoms with Crippen LogP contribution >= 0.6 is 0 Å². The van der Waals surface area contributed by atoms with Crippen LogP contribution in [0.3, 0.4) is 0 Å². The Balaban J connectivity index is 2.57. The molecule has 0 fully saturated rings. The molecule has 0 saturated heterocycles. The first kappa shape index (κ1) is 8.68. The summed E-state index contributed by atoms with van der Waals surface area (Å²) in [7, 11) is 1.60. The minimum absolute atomic E-state index is 0.117. The topological polar surface area (TPSA) is 59.3 Å². The van der Waals surface area contributed by atoms with Gasteiger partial charge in [-0.15, -0.1) is 10.2 Å². The molecule has 0 radical (unpaired) electrons. The Morgan fingerprint density at radius 1 is 1.50 bits per heavy atom. The van der Waals surface area contributed by atoms with Crippen LogP contribution in [0.15, 0.2) is 18.3 Å². The maximum absolute atomic E-state index is 11.3. The van der Waals surface area contributed by atoms with Crippen molar-refractivity contribution in [1.29, 1.82) is 0 Å². The van der Waals surface area contributed by atoms with Crippen molar-refractivity contribution in [2.75, 3.05) is 7.05 Å². The Bertz CT molecular complexity index is 489. The largest absolute Gasteiger partial charge is 0.355 e. The van der Waals surface area contributed by atoms with Gasteiger partial charge >= 0.3 is 0 Å². The van der Waals surface area contributed by atoms with Gasteiger partial charge < -0.3 is 5.32 Å². The van der Waals surface area contributed by atoms with Crippen LogP contribution in [-0.2, 0) is 0 Å². The van der Waals surface area contributed by atoms with E-state index in [0.717, 1.165) is 5.82 Å². The van der Waals surface area contributed by atoms with Crippen LogP contribution < -0.4 is 5.32 Å². The van der Waals surface area contributed by atoms with Crippen molar-refractivity contribution in [3.8, 4) is 0 Å². The number of rotatable bonds is 1. The summed E-state index contributed by atoms with van der Waals surface area (Å²) in [5.74, 6) is 0.691. The average molecular weight is 190 g/mol. The normalized spacial score (nSPS) is 10.4. The molecule has 2 aromatic heterocycles. The number of hydrogen-bond acceptors (Lipinski definition) is 3. The molecular formula is C9H10N4O. The SMILES string of the molecule is CNC(=O)c1ccn2c(C)nnc2c1. The molecule has 0 aliphatic rings. The Morgan fingerprint density at radius 3 is 3.00 bits per heavy atom. The van der Waals surface area contributed by atoms with Gasteiger partial charge in [0.25, 0.3) is 5.91 Å². The van der Waals surface area contributed by atoms with E-state index in [1.54, 1.807) is 25.4 Å². The van der Waals surface area contributed by atoms with Crippen molar-refractivity contribution in [1.82, 2.24) is 19.9 Å². The van der Waals surface area contributed by atoms with Gasteiger partial charge in [-0.3, -0.25) is 9.20 Å². The summed E-state index contributed by atoms with van der Waals surface area (Å²) in [4.78, 5) is 11.3. The van der Waals surface area contributed by atoms with E-state index >= 15 is 0 Å². The average Bonchev–Trinajstić information content (AvgIpc) is 2.59. The Labute approximate surface area is 80.8 Å². The van der Waals surface area contributed by atoms with Crippen molar-refractivity contribution in [3.05, 3.63) is 29.7 Å². The fourth-order valence-corrected chi connectivity index (χ4v) is 1.30. The zero-order valence-electron chi connectivity index (χ0n) is 7.98. The van der Waals surface area contributed by atoms with Gasteiger partial charge in [0.1, 0.15) is 5.82 Å². The summed E-state index contributed by atoms with van der Waals surface area (Å²) in [5.41, 5.74) is 1.27. The molecule has 2 rings (SSSR count). The minimum Gasteiger partial charge on any atom is -0.355 e. The van der Waals surface area contributed by atoms with E-state index in [9.17, 15) is 4.79 Å². The van der Waals surface area contributed by atoms with Gasteiger partial charge in [0.15, 0.2) is 5.65 Å². The van der Waals surface area contributed by atoms with Crippen LogP contribution in [0.25, 0.3) is 5.65 Å². The Hall–Kier alpha value is -1.91. The lowest BCUT2D eigenvalue weighted by atomic mass is 10.2. The number of aromatic nitrogens is 3. The summed E-state index contributed by atoms with van der Waals surface area (Å²) in [6, 6.07) is 3.45. The number of hydrogen-bond donors (Lipinski definition) is 1. The molecule has 1 N–H and O–H groups in total. The van der Waals surface area contributed by atoms with Gasteiger partial charge in [0, 0.05) is 18.8 Å². The third kappa shape index (κ3) is 1.22. The highest BCUT2D eigenvalue weighted by atomic mass is 16.1. The lowest BCUT2D eigenvalue weighted by Gasteiger charge is -1.99. The van der Waals surface area contributed by atoms with Crippen LogP contribution in [0.5, 0.6) is 0 Å². The number of fused-ring (bicyclic) bond motifs is 1. The van der Waals surface area contributed by atoms with Crippen molar-refractivity contribution in [3.63, 3.8) is 0 Å². The van der Waals surface area contributed by atoms with Crippen LogP contribution in [0.2, 0.25) is 0 Å². The second kappa shape index (κ2) is 3.10. The van der Waals surface area contributed by atoms with Crippen molar-refractivity contribution >= 4 is 11.6 Å². The molecular weight excluding hydrogens is 180 g/mol. The lowest BCUT2D eigenvalue weighted by molar-refractivity contribution is 0.0963. The zero-order chi connectivity index (χ0) is 10.1. The third-order valence-electron chi connectivity index (χ3n) is 2.07.